The first-order valence-corrected chi connectivity index (χ1v) is 10.8. The summed E-state index contributed by atoms with van der Waals surface area (Å²) in [6.07, 6.45) is 2.40. The maximum Gasteiger partial charge on any atom is 0.224 e. The lowest BCUT2D eigenvalue weighted by atomic mass is 10.0. The lowest BCUT2D eigenvalue weighted by molar-refractivity contribution is -0.116. The maximum atomic E-state index is 11.6. The van der Waals surface area contributed by atoms with E-state index in [0.29, 0.717) is 19.1 Å². The van der Waals surface area contributed by atoms with Crippen LogP contribution in [-0.2, 0) is 11.2 Å². The van der Waals surface area contributed by atoms with E-state index in [1.165, 1.54) is 11.1 Å². The minimum Gasteiger partial charge on any atom is -0.493 e. The molecule has 5 heteroatoms. The molecule has 2 aromatic carbocycles. The molecule has 154 valence electrons. The molecule has 1 amide bonds. The number of carbonyl (C=O) groups excluding carboxylic acids is 1. The quantitative estimate of drug-likeness (QED) is 0.729. The van der Waals surface area contributed by atoms with E-state index < -0.39 is 0 Å². The molecule has 1 unspecified atom stereocenters. The van der Waals surface area contributed by atoms with Crippen LogP contribution in [0.4, 0.5) is 5.69 Å². The van der Waals surface area contributed by atoms with Gasteiger partial charge in [-0.25, -0.2) is 0 Å². The van der Waals surface area contributed by atoms with E-state index in [4.69, 9.17) is 4.74 Å². The van der Waals surface area contributed by atoms with Crippen LogP contribution in [0.25, 0.3) is 0 Å². The molecule has 2 aliphatic rings. The third kappa shape index (κ3) is 5.17. The topological polar surface area (TPSA) is 44.8 Å². The Labute approximate surface area is 173 Å². The van der Waals surface area contributed by atoms with Gasteiger partial charge in [0.05, 0.1) is 6.61 Å². The van der Waals surface area contributed by atoms with Crippen LogP contribution in [0.3, 0.4) is 0 Å². The predicted molar refractivity (Wildman–Crippen MR) is 116 cm³/mol. The summed E-state index contributed by atoms with van der Waals surface area (Å²) in [4.78, 5) is 16.7. The lowest BCUT2D eigenvalue weighted by Gasteiger charge is -2.38. The van der Waals surface area contributed by atoms with Gasteiger partial charge in [0.15, 0.2) is 0 Å². The smallest absolute Gasteiger partial charge is 0.224 e. The minimum absolute atomic E-state index is 0.0929. The highest BCUT2D eigenvalue weighted by Crippen LogP contribution is 2.27. The Balaban J connectivity index is 1.17. The van der Waals surface area contributed by atoms with Crippen molar-refractivity contribution in [1.29, 1.82) is 0 Å². The van der Waals surface area contributed by atoms with Crippen LogP contribution < -0.4 is 10.1 Å². The van der Waals surface area contributed by atoms with E-state index in [-0.39, 0.29) is 5.91 Å². The van der Waals surface area contributed by atoms with Gasteiger partial charge < -0.3 is 15.0 Å². The van der Waals surface area contributed by atoms with Gasteiger partial charge in [0.2, 0.25) is 5.91 Å². The molecule has 2 aromatic rings. The van der Waals surface area contributed by atoms with Crippen molar-refractivity contribution < 1.29 is 9.53 Å². The lowest BCUT2D eigenvalue weighted by Crippen LogP contribution is -2.47. The molecule has 0 aromatic heterocycles. The Hall–Kier alpha value is -2.37. The van der Waals surface area contributed by atoms with Gasteiger partial charge in [-0.15, -0.1) is 0 Å². The average molecular weight is 394 g/mol. The molecule has 5 nitrogen and oxygen atoms in total. The molecule has 4 rings (SSSR count). The fourth-order valence-corrected chi connectivity index (χ4v) is 4.24. The highest BCUT2D eigenvalue weighted by molar-refractivity contribution is 5.94. The normalized spacial score (nSPS) is 18.7. The van der Waals surface area contributed by atoms with Crippen molar-refractivity contribution >= 4 is 11.6 Å². The number of amides is 1. The molecule has 1 atom stereocenters. The Morgan fingerprint density at radius 3 is 2.62 bits per heavy atom. The summed E-state index contributed by atoms with van der Waals surface area (Å²) in [7, 11) is 0. The van der Waals surface area contributed by atoms with E-state index in [1.807, 2.05) is 12.1 Å². The Bertz CT molecular complexity index is 816. The second-order valence-electron chi connectivity index (χ2n) is 8.03. The molecule has 1 fully saturated rings. The molecular weight excluding hydrogens is 362 g/mol. The van der Waals surface area contributed by atoms with E-state index in [2.05, 4.69) is 58.4 Å². The van der Waals surface area contributed by atoms with Crippen molar-refractivity contribution in [2.24, 2.45) is 0 Å². The van der Waals surface area contributed by atoms with Gasteiger partial charge in [0.1, 0.15) is 5.75 Å². The summed E-state index contributed by atoms with van der Waals surface area (Å²) in [6.45, 7) is 8.52. The van der Waals surface area contributed by atoms with Crippen LogP contribution in [0.1, 0.15) is 36.9 Å². The number of fused-ring (bicyclic) bond motifs is 1. The number of ether oxygens (including phenoxy) is 1. The molecule has 0 spiro atoms. The number of aryl methyl sites for hydroxylation is 1. The monoisotopic (exact) mass is 393 g/mol. The zero-order valence-corrected chi connectivity index (χ0v) is 17.3. The number of hydrogen-bond donors (Lipinski definition) is 1. The number of nitrogens with zero attached hydrogens (tertiary/aromatic N) is 2. The number of nitrogens with one attached hydrogen (secondary N) is 1. The van der Waals surface area contributed by atoms with Crippen molar-refractivity contribution in [3.8, 4) is 5.75 Å². The molecule has 29 heavy (non-hydrogen) atoms. The summed E-state index contributed by atoms with van der Waals surface area (Å²) in [5, 5.41) is 2.94. The molecule has 2 heterocycles. The predicted octanol–water partition coefficient (Wildman–Crippen LogP) is 3.72. The zero-order valence-electron chi connectivity index (χ0n) is 17.3. The fraction of sp³-hybridized carbons (Fsp3) is 0.458. The third-order valence-corrected chi connectivity index (χ3v) is 6.10. The largest absolute Gasteiger partial charge is 0.493 e. The van der Waals surface area contributed by atoms with Gasteiger partial charge in [-0.05, 0) is 37.0 Å². The first-order chi connectivity index (χ1) is 14.2. The molecule has 1 N–H and O–H groups in total. The van der Waals surface area contributed by atoms with Gasteiger partial charge in [-0.3, -0.25) is 9.69 Å². The number of hydrogen-bond acceptors (Lipinski definition) is 4. The summed E-state index contributed by atoms with van der Waals surface area (Å²) < 4.78 is 5.93. The van der Waals surface area contributed by atoms with Gasteiger partial charge in [-0.2, -0.15) is 0 Å². The fourth-order valence-electron chi connectivity index (χ4n) is 4.24. The molecule has 1 saturated heterocycles. The van der Waals surface area contributed by atoms with Crippen LogP contribution in [-0.4, -0.2) is 55.0 Å². The number of carbonyl (C=O) groups is 1. The Morgan fingerprint density at radius 1 is 1.03 bits per heavy atom. The van der Waals surface area contributed by atoms with Gasteiger partial charge >= 0.3 is 0 Å². The van der Waals surface area contributed by atoms with Crippen LogP contribution in [0, 0.1) is 0 Å². The highest BCUT2D eigenvalue weighted by atomic mass is 16.5. The summed E-state index contributed by atoms with van der Waals surface area (Å²) >= 11 is 0. The van der Waals surface area contributed by atoms with Crippen molar-refractivity contribution in [2.45, 2.75) is 32.2 Å². The van der Waals surface area contributed by atoms with Gasteiger partial charge in [0.25, 0.3) is 0 Å². The van der Waals surface area contributed by atoms with Gasteiger partial charge in [0, 0.05) is 56.9 Å². The molecule has 0 bridgehead atoms. The van der Waals surface area contributed by atoms with E-state index in [9.17, 15) is 4.79 Å². The molecular formula is C24H31N3O2. The number of benzene rings is 2. The van der Waals surface area contributed by atoms with Gasteiger partial charge in [-0.1, -0.05) is 36.4 Å². The van der Waals surface area contributed by atoms with Crippen LogP contribution >= 0.6 is 0 Å². The van der Waals surface area contributed by atoms with E-state index >= 15 is 0 Å². The Morgan fingerprint density at radius 2 is 1.83 bits per heavy atom. The van der Waals surface area contributed by atoms with Crippen LogP contribution in [0.5, 0.6) is 5.75 Å². The second-order valence-corrected chi connectivity index (χ2v) is 8.03. The SMILES string of the molecule is CC(c1ccccc1)N1CCN(CCCOc2ccc3c(c2)NC(=O)CC3)CC1. The average Bonchev–Trinajstić information content (AvgIpc) is 2.77. The van der Waals surface area contributed by atoms with Crippen molar-refractivity contribution in [3.05, 3.63) is 59.7 Å². The third-order valence-electron chi connectivity index (χ3n) is 6.10. The molecule has 0 radical (unpaired) electrons. The van der Waals surface area contributed by atoms with E-state index in [1.54, 1.807) is 0 Å². The number of anilines is 1. The first kappa shape index (κ1) is 19.9. The van der Waals surface area contributed by atoms with Crippen LogP contribution in [0.15, 0.2) is 48.5 Å². The first-order valence-electron chi connectivity index (χ1n) is 10.8. The summed E-state index contributed by atoms with van der Waals surface area (Å²) in [5.41, 5.74) is 3.50. The molecule has 0 saturated carbocycles. The van der Waals surface area contributed by atoms with Crippen molar-refractivity contribution in [1.82, 2.24) is 9.80 Å². The number of piperazine rings is 1. The van der Waals surface area contributed by atoms with E-state index in [0.717, 1.165) is 57.0 Å². The summed E-state index contributed by atoms with van der Waals surface area (Å²) in [6, 6.07) is 17.3. The number of rotatable bonds is 7. The second kappa shape index (κ2) is 9.42. The molecule has 2 aliphatic heterocycles. The van der Waals surface area contributed by atoms with Crippen molar-refractivity contribution in [2.75, 3.05) is 44.6 Å². The minimum atomic E-state index is 0.0929. The zero-order chi connectivity index (χ0) is 20.1. The molecule has 0 aliphatic carbocycles. The maximum absolute atomic E-state index is 11.6. The highest BCUT2D eigenvalue weighted by Gasteiger charge is 2.21. The van der Waals surface area contributed by atoms with Crippen LogP contribution in [0.2, 0.25) is 0 Å². The Kier molecular flexibility index (Phi) is 6.47. The summed E-state index contributed by atoms with van der Waals surface area (Å²) in [5.74, 6) is 0.933. The standard InChI is InChI=1S/C24H31N3O2/c1-19(20-6-3-2-4-7-20)27-15-13-26(14-16-27)12-5-17-29-22-10-8-21-9-11-24(28)25-23(21)18-22/h2-4,6-8,10,18-19H,5,9,11-17H2,1H3,(H,25,28). The van der Waals surface area contributed by atoms with Crippen molar-refractivity contribution in [3.63, 3.8) is 0 Å².